The molecule has 0 aromatic heterocycles. The van der Waals surface area contributed by atoms with Crippen molar-refractivity contribution in [3.63, 3.8) is 0 Å². The quantitative estimate of drug-likeness (QED) is 0.635. The minimum atomic E-state index is -1.26. The van der Waals surface area contributed by atoms with E-state index < -0.39 is 17.1 Å². The van der Waals surface area contributed by atoms with Gasteiger partial charge in [-0.05, 0) is 12.8 Å². The summed E-state index contributed by atoms with van der Waals surface area (Å²) in [6, 6.07) is 0. The van der Waals surface area contributed by atoms with E-state index in [1.165, 1.54) is 12.2 Å². The monoisotopic (exact) mass is 242 g/mol. The number of hydrogen-bond donors (Lipinski definition) is 3. The van der Waals surface area contributed by atoms with Gasteiger partial charge in [-0.15, -0.1) is 0 Å². The number of aliphatic hydroxyl groups is 3. The average Bonchev–Trinajstić information content (AvgIpc) is 2.23. The first kappa shape index (κ1) is 14.4. The molecule has 0 amide bonds. The SMILES string of the molecule is C[C@@H]1CC(=O)C[C@](C)(CO)[C@@]1(O)/C=C/[C@@H](C)O. The van der Waals surface area contributed by atoms with Crippen LogP contribution in [-0.4, -0.2) is 39.4 Å². The van der Waals surface area contributed by atoms with Crippen LogP contribution >= 0.6 is 0 Å². The highest BCUT2D eigenvalue weighted by Crippen LogP contribution is 2.46. The van der Waals surface area contributed by atoms with Gasteiger partial charge >= 0.3 is 0 Å². The topological polar surface area (TPSA) is 77.8 Å². The maximum absolute atomic E-state index is 11.6. The summed E-state index contributed by atoms with van der Waals surface area (Å²) in [6.45, 7) is 4.82. The molecule has 0 heterocycles. The van der Waals surface area contributed by atoms with Crippen molar-refractivity contribution >= 4 is 5.78 Å². The lowest BCUT2D eigenvalue weighted by Gasteiger charge is -2.49. The van der Waals surface area contributed by atoms with Gasteiger partial charge in [-0.25, -0.2) is 0 Å². The van der Waals surface area contributed by atoms with Gasteiger partial charge in [-0.3, -0.25) is 4.79 Å². The largest absolute Gasteiger partial charge is 0.396 e. The van der Waals surface area contributed by atoms with Gasteiger partial charge in [0.2, 0.25) is 0 Å². The van der Waals surface area contributed by atoms with Crippen LogP contribution in [0.3, 0.4) is 0 Å². The van der Waals surface area contributed by atoms with Crippen LogP contribution in [0, 0.1) is 11.3 Å². The first-order valence-electron chi connectivity index (χ1n) is 5.97. The third kappa shape index (κ3) is 2.59. The molecule has 0 bridgehead atoms. The molecule has 0 aliphatic heterocycles. The average molecular weight is 242 g/mol. The van der Waals surface area contributed by atoms with Crippen LogP contribution in [0.1, 0.15) is 33.6 Å². The summed E-state index contributed by atoms with van der Waals surface area (Å²) in [5, 5.41) is 29.4. The third-order valence-electron chi connectivity index (χ3n) is 3.82. The predicted molar refractivity (Wildman–Crippen MR) is 64.4 cm³/mol. The van der Waals surface area contributed by atoms with Crippen LogP contribution in [0.2, 0.25) is 0 Å². The molecule has 17 heavy (non-hydrogen) atoms. The zero-order valence-corrected chi connectivity index (χ0v) is 10.7. The summed E-state index contributed by atoms with van der Waals surface area (Å²) in [4.78, 5) is 11.6. The third-order valence-corrected chi connectivity index (χ3v) is 3.82. The molecule has 1 rings (SSSR count). The molecule has 3 N–H and O–H groups in total. The number of carbonyl (C=O) groups excluding carboxylic acids is 1. The molecule has 0 aromatic rings. The van der Waals surface area contributed by atoms with Crippen molar-refractivity contribution < 1.29 is 20.1 Å². The normalized spacial score (nSPS) is 40.8. The number of aliphatic hydroxyl groups excluding tert-OH is 2. The summed E-state index contributed by atoms with van der Waals surface area (Å²) in [6.07, 6.45) is 2.84. The van der Waals surface area contributed by atoms with Gasteiger partial charge in [0.05, 0.1) is 18.3 Å². The van der Waals surface area contributed by atoms with E-state index in [1.54, 1.807) is 20.8 Å². The van der Waals surface area contributed by atoms with Crippen LogP contribution in [0.4, 0.5) is 0 Å². The molecule has 0 unspecified atom stereocenters. The summed E-state index contributed by atoms with van der Waals surface area (Å²) in [7, 11) is 0. The predicted octanol–water partition coefficient (Wildman–Crippen LogP) is 0.652. The molecule has 0 saturated heterocycles. The van der Waals surface area contributed by atoms with Crippen molar-refractivity contribution in [3.8, 4) is 0 Å². The van der Waals surface area contributed by atoms with E-state index in [9.17, 15) is 20.1 Å². The summed E-state index contributed by atoms with van der Waals surface area (Å²) in [5.74, 6) is -0.208. The van der Waals surface area contributed by atoms with Crippen LogP contribution in [0.25, 0.3) is 0 Å². The number of rotatable bonds is 3. The number of Topliss-reactive ketones (excluding diaryl/α,β-unsaturated/α-hetero) is 1. The minimum absolute atomic E-state index is 0.0594. The Morgan fingerprint density at radius 3 is 2.65 bits per heavy atom. The second kappa shape index (κ2) is 4.88. The fourth-order valence-corrected chi connectivity index (χ4v) is 2.57. The first-order valence-corrected chi connectivity index (χ1v) is 5.97. The molecular formula is C13H22O4. The molecule has 1 fully saturated rings. The zero-order chi connectivity index (χ0) is 13.3. The van der Waals surface area contributed by atoms with Crippen molar-refractivity contribution in [2.24, 2.45) is 11.3 Å². The summed E-state index contributed by atoms with van der Waals surface area (Å²) >= 11 is 0. The summed E-state index contributed by atoms with van der Waals surface area (Å²) in [5.41, 5.74) is -2.14. The van der Waals surface area contributed by atoms with E-state index >= 15 is 0 Å². The smallest absolute Gasteiger partial charge is 0.134 e. The standard InChI is InChI=1S/C13H22O4/c1-9-6-11(16)7-12(3,8-14)13(9,17)5-4-10(2)15/h4-5,9-10,14-15,17H,6-8H2,1-3H3/b5-4+/t9-,10-,12-,13-/m1/s1. The van der Waals surface area contributed by atoms with Crippen LogP contribution < -0.4 is 0 Å². The van der Waals surface area contributed by atoms with Crippen LogP contribution in [0.15, 0.2) is 12.2 Å². The first-order chi connectivity index (χ1) is 7.75. The van der Waals surface area contributed by atoms with Crippen LogP contribution in [-0.2, 0) is 4.79 Å². The fraction of sp³-hybridized carbons (Fsp3) is 0.769. The Morgan fingerprint density at radius 2 is 2.18 bits per heavy atom. The van der Waals surface area contributed by atoms with Crippen molar-refractivity contribution in [2.45, 2.75) is 45.3 Å². The molecule has 4 atom stereocenters. The van der Waals surface area contributed by atoms with Crippen molar-refractivity contribution in [1.29, 1.82) is 0 Å². The molecule has 98 valence electrons. The Labute approximate surface area is 102 Å². The van der Waals surface area contributed by atoms with E-state index in [2.05, 4.69) is 0 Å². The number of hydrogen-bond acceptors (Lipinski definition) is 4. The van der Waals surface area contributed by atoms with Crippen molar-refractivity contribution in [2.75, 3.05) is 6.61 Å². The molecule has 4 nitrogen and oxygen atoms in total. The van der Waals surface area contributed by atoms with Gasteiger partial charge in [0.1, 0.15) is 5.78 Å². The van der Waals surface area contributed by atoms with E-state index in [1.807, 2.05) is 0 Å². The second-order valence-corrected chi connectivity index (χ2v) is 5.46. The summed E-state index contributed by atoms with van der Waals surface area (Å²) < 4.78 is 0. The Morgan fingerprint density at radius 1 is 1.59 bits per heavy atom. The highest BCUT2D eigenvalue weighted by molar-refractivity contribution is 5.81. The highest BCUT2D eigenvalue weighted by atomic mass is 16.3. The van der Waals surface area contributed by atoms with Gasteiger partial charge in [-0.1, -0.05) is 26.0 Å². The molecule has 1 saturated carbocycles. The van der Waals surface area contributed by atoms with Crippen molar-refractivity contribution in [1.82, 2.24) is 0 Å². The number of carbonyl (C=O) groups is 1. The molecular weight excluding hydrogens is 220 g/mol. The highest BCUT2D eigenvalue weighted by Gasteiger charge is 2.53. The molecule has 0 spiro atoms. The Balaban J connectivity index is 3.10. The van der Waals surface area contributed by atoms with Gasteiger partial charge < -0.3 is 15.3 Å². The lowest BCUT2D eigenvalue weighted by Crippen LogP contribution is -2.56. The van der Waals surface area contributed by atoms with Gasteiger partial charge in [0, 0.05) is 18.3 Å². The number of ketones is 1. The molecule has 0 radical (unpaired) electrons. The lowest BCUT2D eigenvalue weighted by molar-refractivity contribution is -0.152. The van der Waals surface area contributed by atoms with Gasteiger partial charge in [0.15, 0.2) is 0 Å². The maximum atomic E-state index is 11.6. The van der Waals surface area contributed by atoms with Gasteiger partial charge in [0.25, 0.3) is 0 Å². The Bertz CT molecular complexity index is 323. The minimum Gasteiger partial charge on any atom is -0.396 e. The maximum Gasteiger partial charge on any atom is 0.134 e. The Kier molecular flexibility index (Phi) is 4.12. The Hall–Kier alpha value is -0.710. The van der Waals surface area contributed by atoms with Crippen LogP contribution in [0.5, 0.6) is 0 Å². The fourth-order valence-electron chi connectivity index (χ4n) is 2.57. The molecule has 0 aromatic carbocycles. The van der Waals surface area contributed by atoms with E-state index in [0.717, 1.165) is 0 Å². The van der Waals surface area contributed by atoms with E-state index in [0.29, 0.717) is 6.42 Å². The second-order valence-electron chi connectivity index (χ2n) is 5.46. The van der Waals surface area contributed by atoms with E-state index in [4.69, 9.17) is 0 Å². The molecule has 4 heteroatoms. The lowest BCUT2D eigenvalue weighted by atomic mass is 9.59. The van der Waals surface area contributed by atoms with Crippen molar-refractivity contribution in [3.05, 3.63) is 12.2 Å². The molecule has 1 aliphatic rings. The van der Waals surface area contributed by atoms with Gasteiger partial charge in [-0.2, -0.15) is 0 Å². The van der Waals surface area contributed by atoms with E-state index in [-0.39, 0.29) is 24.7 Å². The molecule has 1 aliphatic carbocycles. The zero-order valence-electron chi connectivity index (χ0n) is 10.7.